The molecule has 2 aromatic rings. The Hall–Kier alpha value is -1.56. The zero-order valence-corrected chi connectivity index (χ0v) is 7.65. The Bertz CT molecular complexity index is 419. The number of nitrogens with zero attached hydrogens (tertiary/aromatic N) is 4. The van der Waals surface area contributed by atoms with Crippen molar-refractivity contribution in [2.75, 3.05) is 0 Å². The Kier molecular flexibility index (Phi) is 1.90. The van der Waals surface area contributed by atoms with Gasteiger partial charge in [-0.15, -0.1) is 21.5 Å². The molecule has 0 atom stereocenters. The number of carbonyl (C=O) groups is 1. The Morgan fingerprint density at radius 3 is 2.69 bits per heavy atom. The number of hydrogen-bond acceptors (Lipinski definition) is 5. The van der Waals surface area contributed by atoms with E-state index in [1.807, 2.05) is 0 Å². The molecular weight excluding hydrogens is 188 g/mol. The van der Waals surface area contributed by atoms with Gasteiger partial charge in [-0.25, -0.2) is 4.98 Å². The van der Waals surface area contributed by atoms with E-state index in [9.17, 15) is 4.79 Å². The van der Waals surface area contributed by atoms with Crippen molar-refractivity contribution in [2.24, 2.45) is 0 Å². The van der Waals surface area contributed by atoms with Crippen molar-refractivity contribution in [1.29, 1.82) is 0 Å². The van der Waals surface area contributed by atoms with Crippen LogP contribution in [0.3, 0.4) is 0 Å². The molecule has 5 nitrogen and oxygen atoms in total. The number of aromatic nitrogens is 4. The molecule has 0 aliphatic carbocycles. The maximum atomic E-state index is 10.9. The second-order valence-electron chi connectivity index (χ2n) is 2.44. The molecule has 2 rings (SSSR count). The second kappa shape index (κ2) is 3.06. The van der Waals surface area contributed by atoms with Gasteiger partial charge in [-0.2, -0.15) is 0 Å². The van der Waals surface area contributed by atoms with Crippen LogP contribution in [0.25, 0.3) is 5.13 Å². The van der Waals surface area contributed by atoms with E-state index in [2.05, 4.69) is 15.2 Å². The third-order valence-electron chi connectivity index (χ3n) is 1.49. The molecule has 6 heteroatoms. The lowest BCUT2D eigenvalue weighted by atomic mass is 10.4. The summed E-state index contributed by atoms with van der Waals surface area (Å²) >= 11 is 1.39. The van der Waals surface area contributed by atoms with E-state index in [1.54, 1.807) is 22.6 Å². The van der Waals surface area contributed by atoms with Crippen LogP contribution >= 0.6 is 11.3 Å². The molecule has 0 aromatic carbocycles. The zero-order valence-electron chi connectivity index (χ0n) is 6.84. The fourth-order valence-electron chi connectivity index (χ4n) is 0.844. The number of Topliss-reactive ketones (excluding diaryl/α,β-unsaturated/α-hetero) is 1. The maximum Gasteiger partial charge on any atom is 0.196 e. The van der Waals surface area contributed by atoms with Crippen molar-refractivity contribution >= 4 is 17.1 Å². The summed E-state index contributed by atoms with van der Waals surface area (Å²) in [5.41, 5.74) is 0.480. The Balaban J connectivity index is 2.39. The predicted octanol–water partition coefficient (Wildman–Crippen LogP) is 0.926. The summed E-state index contributed by atoms with van der Waals surface area (Å²) in [6.45, 7) is 1.49. The van der Waals surface area contributed by atoms with Gasteiger partial charge in [-0.3, -0.25) is 9.36 Å². The van der Waals surface area contributed by atoms with Crippen molar-refractivity contribution < 1.29 is 4.79 Å². The molecule has 0 aliphatic heterocycles. The summed E-state index contributed by atoms with van der Waals surface area (Å²) in [6, 6.07) is 0. The summed E-state index contributed by atoms with van der Waals surface area (Å²) in [7, 11) is 0. The molecule has 0 fully saturated rings. The highest BCUT2D eigenvalue weighted by molar-refractivity contribution is 7.12. The standard InChI is InChI=1S/C7H6N4OS/c1-5(12)6-2-13-7(10-6)11-3-8-9-4-11/h2-4H,1H3. The molecule has 13 heavy (non-hydrogen) atoms. The third kappa shape index (κ3) is 1.48. The molecule has 0 radical (unpaired) electrons. The van der Waals surface area contributed by atoms with E-state index >= 15 is 0 Å². The first-order valence-electron chi connectivity index (χ1n) is 3.59. The van der Waals surface area contributed by atoms with Gasteiger partial charge in [-0.05, 0) is 0 Å². The molecule has 0 unspecified atom stereocenters. The molecule has 0 bridgehead atoms. The zero-order chi connectivity index (χ0) is 9.26. The van der Waals surface area contributed by atoms with Crippen molar-refractivity contribution in [3.8, 4) is 5.13 Å². The van der Waals surface area contributed by atoms with Gasteiger partial charge in [0, 0.05) is 12.3 Å². The SMILES string of the molecule is CC(=O)c1csc(-n2cnnc2)n1. The average molecular weight is 194 g/mol. The van der Waals surface area contributed by atoms with E-state index in [1.165, 1.54) is 18.3 Å². The van der Waals surface area contributed by atoms with E-state index in [0.717, 1.165) is 0 Å². The topological polar surface area (TPSA) is 60.7 Å². The van der Waals surface area contributed by atoms with Gasteiger partial charge in [0.15, 0.2) is 10.9 Å². The fourth-order valence-corrected chi connectivity index (χ4v) is 1.65. The Morgan fingerprint density at radius 1 is 1.46 bits per heavy atom. The Morgan fingerprint density at radius 2 is 2.15 bits per heavy atom. The smallest absolute Gasteiger partial charge is 0.196 e. The molecule has 2 heterocycles. The number of thiazole rings is 1. The van der Waals surface area contributed by atoms with Gasteiger partial charge < -0.3 is 0 Å². The molecular formula is C7H6N4OS. The summed E-state index contributed by atoms with van der Waals surface area (Å²) in [4.78, 5) is 15.0. The average Bonchev–Trinajstić information content (AvgIpc) is 2.75. The van der Waals surface area contributed by atoms with Gasteiger partial charge >= 0.3 is 0 Å². The lowest BCUT2D eigenvalue weighted by molar-refractivity contribution is 0.101. The summed E-state index contributed by atoms with van der Waals surface area (Å²) in [6.07, 6.45) is 3.09. The number of ketones is 1. The van der Waals surface area contributed by atoms with Crippen LogP contribution in [0.2, 0.25) is 0 Å². The Labute approximate surface area is 78.1 Å². The van der Waals surface area contributed by atoms with Crippen molar-refractivity contribution in [1.82, 2.24) is 19.7 Å². The van der Waals surface area contributed by atoms with Crippen molar-refractivity contribution in [3.05, 3.63) is 23.7 Å². The van der Waals surface area contributed by atoms with Crippen LogP contribution in [-0.2, 0) is 0 Å². The highest BCUT2D eigenvalue weighted by atomic mass is 32.1. The first kappa shape index (κ1) is 8.06. The van der Waals surface area contributed by atoms with E-state index in [-0.39, 0.29) is 5.78 Å². The highest BCUT2D eigenvalue weighted by Crippen LogP contribution is 2.13. The monoisotopic (exact) mass is 194 g/mol. The number of rotatable bonds is 2. The molecule has 0 saturated heterocycles. The van der Waals surface area contributed by atoms with Gasteiger partial charge in [0.25, 0.3) is 0 Å². The van der Waals surface area contributed by atoms with Gasteiger partial charge in [-0.1, -0.05) is 0 Å². The molecule has 0 aliphatic rings. The molecule has 0 saturated carbocycles. The lowest BCUT2D eigenvalue weighted by Gasteiger charge is -1.90. The summed E-state index contributed by atoms with van der Waals surface area (Å²) < 4.78 is 1.66. The minimum Gasteiger partial charge on any atom is -0.293 e. The fraction of sp³-hybridized carbons (Fsp3) is 0.143. The largest absolute Gasteiger partial charge is 0.293 e. The quantitative estimate of drug-likeness (QED) is 0.667. The lowest BCUT2D eigenvalue weighted by Crippen LogP contribution is -1.94. The van der Waals surface area contributed by atoms with Crippen LogP contribution in [0.4, 0.5) is 0 Å². The molecule has 0 amide bonds. The van der Waals surface area contributed by atoms with Crippen LogP contribution in [-0.4, -0.2) is 25.5 Å². The minimum atomic E-state index is -0.0319. The van der Waals surface area contributed by atoms with Crippen LogP contribution in [0, 0.1) is 0 Å². The van der Waals surface area contributed by atoms with Crippen LogP contribution in [0.1, 0.15) is 17.4 Å². The van der Waals surface area contributed by atoms with Crippen LogP contribution in [0.5, 0.6) is 0 Å². The van der Waals surface area contributed by atoms with Crippen molar-refractivity contribution in [3.63, 3.8) is 0 Å². The van der Waals surface area contributed by atoms with Crippen molar-refractivity contribution in [2.45, 2.75) is 6.92 Å². The maximum absolute atomic E-state index is 10.9. The first-order valence-corrected chi connectivity index (χ1v) is 4.47. The predicted molar refractivity (Wildman–Crippen MR) is 47.0 cm³/mol. The van der Waals surface area contributed by atoms with Gasteiger partial charge in [0.2, 0.25) is 0 Å². The van der Waals surface area contributed by atoms with E-state index in [0.29, 0.717) is 10.8 Å². The van der Waals surface area contributed by atoms with E-state index in [4.69, 9.17) is 0 Å². The highest BCUT2D eigenvalue weighted by Gasteiger charge is 2.06. The molecule has 2 aromatic heterocycles. The summed E-state index contributed by atoms with van der Waals surface area (Å²) in [5.74, 6) is -0.0319. The first-order chi connectivity index (χ1) is 6.27. The van der Waals surface area contributed by atoms with Crippen LogP contribution in [0.15, 0.2) is 18.0 Å². The third-order valence-corrected chi connectivity index (χ3v) is 2.35. The number of carbonyl (C=O) groups excluding carboxylic acids is 1. The second-order valence-corrected chi connectivity index (χ2v) is 3.28. The van der Waals surface area contributed by atoms with Gasteiger partial charge in [0.05, 0.1) is 0 Å². The van der Waals surface area contributed by atoms with Gasteiger partial charge in [0.1, 0.15) is 18.3 Å². The molecule has 0 N–H and O–H groups in total. The molecule has 0 spiro atoms. The molecule has 66 valence electrons. The number of hydrogen-bond donors (Lipinski definition) is 0. The normalized spacial score (nSPS) is 10.2. The van der Waals surface area contributed by atoms with Crippen LogP contribution < -0.4 is 0 Å². The summed E-state index contributed by atoms with van der Waals surface area (Å²) in [5, 5.41) is 9.72. The van der Waals surface area contributed by atoms with E-state index < -0.39 is 0 Å². The minimum absolute atomic E-state index is 0.0319.